The maximum Gasteiger partial charge on any atom is 0.419 e. The van der Waals surface area contributed by atoms with E-state index in [0.29, 0.717) is 8.59 Å². The highest BCUT2D eigenvalue weighted by Crippen LogP contribution is 2.21. The van der Waals surface area contributed by atoms with Crippen LogP contribution in [0.25, 0.3) is 11.0 Å². The van der Waals surface area contributed by atoms with E-state index in [9.17, 15) is 9.59 Å². The fraction of sp³-hybridized carbons (Fsp3) is 0. The van der Waals surface area contributed by atoms with E-state index in [-0.39, 0.29) is 11.0 Å². The predicted octanol–water partition coefficient (Wildman–Crippen LogP) is 1.74. The van der Waals surface area contributed by atoms with Crippen molar-refractivity contribution in [1.82, 2.24) is 4.98 Å². The van der Waals surface area contributed by atoms with E-state index < -0.39 is 11.3 Å². The summed E-state index contributed by atoms with van der Waals surface area (Å²) >= 11 is 7.71. The summed E-state index contributed by atoms with van der Waals surface area (Å²) < 4.78 is 5.48. The van der Waals surface area contributed by atoms with Crippen molar-refractivity contribution in [2.24, 2.45) is 0 Å². The van der Waals surface area contributed by atoms with Crippen LogP contribution in [0.2, 0.25) is 5.02 Å². The molecular formula is C8H3ClINO3. The molecule has 2 aromatic rings. The van der Waals surface area contributed by atoms with Gasteiger partial charge in [0.25, 0.3) is 5.56 Å². The lowest BCUT2D eigenvalue weighted by atomic mass is 10.2. The van der Waals surface area contributed by atoms with Gasteiger partial charge in [0.1, 0.15) is 0 Å². The first-order valence-corrected chi connectivity index (χ1v) is 5.06. The summed E-state index contributed by atoms with van der Waals surface area (Å²) in [7, 11) is 0. The van der Waals surface area contributed by atoms with Crippen LogP contribution in [-0.2, 0) is 0 Å². The summed E-state index contributed by atoms with van der Waals surface area (Å²) in [6.45, 7) is 0. The lowest BCUT2D eigenvalue weighted by Crippen LogP contribution is -2.18. The van der Waals surface area contributed by atoms with Gasteiger partial charge >= 0.3 is 5.76 Å². The molecule has 0 aliphatic carbocycles. The van der Waals surface area contributed by atoms with Gasteiger partial charge in [-0.1, -0.05) is 11.6 Å². The van der Waals surface area contributed by atoms with Crippen molar-refractivity contribution >= 4 is 45.2 Å². The number of hydrogen-bond acceptors (Lipinski definition) is 3. The van der Waals surface area contributed by atoms with Crippen LogP contribution in [0, 0.1) is 3.57 Å². The summed E-state index contributed by atoms with van der Waals surface area (Å²) in [5.41, 5.74) is -0.222. The van der Waals surface area contributed by atoms with E-state index in [2.05, 4.69) is 0 Å². The van der Waals surface area contributed by atoms with Crippen molar-refractivity contribution < 1.29 is 4.42 Å². The van der Waals surface area contributed by atoms with Gasteiger partial charge in [0.2, 0.25) is 0 Å². The molecule has 1 N–H and O–H groups in total. The number of aromatic amines is 1. The summed E-state index contributed by atoms with van der Waals surface area (Å²) in [6, 6.07) is 3.08. The molecule has 2 rings (SSSR count). The molecule has 0 saturated carbocycles. The monoisotopic (exact) mass is 323 g/mol. The Morgan fingerprint density at radius 1 is 1.36 bits per heavy atom. The number of rotatable bonds is 0. The minimum absolute atomic E-state index is 0.267. The second-order valence-corrected chi connectivity index (χ2v) is 4.21. The van der Waals surface area contributed by atoms with Crippen LogP contribution in [0.3, 0.4) is 0 Å². The van der Waals surface area contributed by atoms with Gasteiger partial charge in [0, 0.05) is 5.02 Å². The highest BCUT2D eigenvalue weighted by atomic mass is 127. The van der Waals surface area contributed by atoms with Gasteiger partial charge in [-0.25, -0.2) is 4.79 Å². The van der Waals surface area contributed by atoms with Crippen LogP contribution >= 0.6 is 34.2 Å². The molecule has 0 aliphatic heterocycles. The zero-order valence-corrected chi connectivity index (χ0v) is 9.55. The molecule has 0 radical (unpaired) electrons. The van der Waals surface area contributed by atoms with E-state index in [4.69, 9.17) is 16.0 Å². The zero-order chi connectivity index (χ0) is 10.3. The van der Waals surface area contributed by atoms with E-state index in [0.717, 1.165) is 0 Å². The Kier molecular flexibility index (Phi) is 2.36. The zero-order valence-electron chi connectivity index (χ0n) is 6.64. The Morgan fingerprint density at radius 3 is 2.79 bits per heavy atom. The van der Waals surface area contributed by atoms with Crippen molar-refractivity contribution in [3.05, 3.63) is 41.6 Å². The van der Waals surface area contributed by atoms with Crippen molar-refractivity contribution in [2.75, 3.05) is 0 Å². The summed E-state index contributed by atoms with van der Waals surface area (Å²) in [5.74, 6) is -0.761. The molecule has 6 heteroatoms. The van der Waals surface area contributed by atoms with Crippen LogP contribution in [0.15, 0.2) is 26.1 Å². The third-order valence-electron chi connectivity index (χ3n) is 1.66. The fourth-order valence-electron chi connectivity index (χ4n) is 1.11. The largest absolute Gasteiger partial charge is 0.419 e. The van der Waals surface area contributed by atoms with Gasteiger partial charge < -0.3 is 4.42 Å². The van der Waals surface area contributed by atoms with Crippen LogP contribution in [0.5, 0.6) is 0 Å². The van der Waals surface area contributed by atoms with Gasteiger partial charge in [-0.2, -0.15) is 0 Å². The number of H-pyrrole nitrogens is 1. The van der Waals surface area contributed by atoms with Gasteiger partial charge in [0.05, 0.1) is 8.96 Å². The fourth-order valence-corrected chi connectivity index (χ4v) is 2.25. The van der Waals surface area contributed by atoms with E-state index in [1.807, 2.05) is 27.6 Å². The number of fused-ring (bicyclic) bond motifs is 1. The number of aromatic nitrogens is 1. The molecule has 0 aliphatic rings. The Balaban J connectivity index is 3.10. The minimum Gasteiger partial charge on any atom is -0.408 e. The van der Waals surface area contributed by atoms with Crippen molar-refractivity contribution in [3.8, 4) is 0 Å². The maximum atomic E-state index is 11.3. The molecular weight excluding hydrogens is 320 g/mol. The number of halogens is 2. The first kappa shape index (κ1) is 9.72. The molecule has 0 saturated heterocycles. The Hall–Kier alpha value is -0.820. The average molecular weight is 323 g/mol. The first-order chi connectivity index (χ1) is 6.58. The Morgan fingerprint density at radius 2 is 2.07 bits per heavy atom. The number of benzene rings is 1. The third-order valence-corrected chi connectivity index (χ3v) is 2.68. The van der Waals surface area contributed by atoms with Crippen molar-refractivity contribution in [3.63, 3.8) is 0 Å². The molecule has 1 heterocycles. The van der Waals surface area contributed by atoms with E-state index >= 15 is 0 Å². The SMILES string of the molecule is O=c1[nH]c(=O)c2cc(Cl)cc(I)c2o1. The molecule has 0 bridgehead atoms. The van der Waals surface area contributed by atoms with Gasteiger partial charge in [0.15, 0.2) is 5.58 Å². The molecule has 1 aromatic heterocycles. The molecule has 0 atom stereocenters. The summed E-state index contributed by atoms with van der Waals surface area (Å²) in [5, 5.41) is 0.711. The maximum absolute atomic E-state index is 11.3. The van der Waals surface area contributed by atoms with Crippen LogP contribution < -0.4 is 11.3 Å². The molecule has 1 aromatic carbocycles. The summed E-state index contributed by atoms with van der Waals surface area (Å²) in [6.07, 6.45) is 0. The van der Waals surface area contributed by atoms with E-state index in [1.165, 1.54) is 6.07 Å². The molecule has 0 spiro atoms. The van der Waals surface area contributed by atoms with Crippen LogP contribution in [0.1, 0.15) is 0 Å². The molecule has 0 fully saturated rings. The van der Waals surface area contributed by atoms with Gasteiger partial charge in [-0.05, 0) is 34.7 Å². The summed E-state index contributed by atoms with van der Waals surface area (Å²) in [4.78, 5) is 24.2. The van der Waals surface area contributed by atoms with Crippen LogP contribution in [-0.4, -0.2) is 4.98 Å². The minimum atomic E-state index is -0.761. The normalized spacial score (nSPS) is 10.7. The third kappa shape index (κ3) is 1.57. The smallest absolute Gasteiger partial charge is 0.408 e. The quantitative estimate of drug-likeness (QED) is 0.751. The van der Waals surface area contributed by atoms with Gasteiger partial charge in [-0.15, -0.1) is 0 Å². The first-order valence-electron chi connectivity index (χ1n) is 3.60. The lowest BCUT2D eigenvalue weighted by Gasteiger charge is -1.98. The lowest BCUT2D eigenvalue weighted by molar-refractivity contribution is 0.526. The van der Waals surface area contributed by atoms with Crippen molar-refractivity contribution in [2.45, 2.75) is 0 Å². The van der Waals surface area contributed by atoms with Crippen molar-refractivity contribution in [1.29, 1.82) is 0 Å². The molecule has 4 nitrogen and oxygen atoms in total. The standard InChI is InChI=1S/C8H3ClINO3/c9-3-1-4-6(5(10)2-3)14-8(13)11-7(4)12/h1-2H,(H,11,12,13). The van der Waals surface area contributed by atoms with E-state index in [1.54, 1.807) is 6.07 Å². The highest BCUT2D eigenvalue weighted by molar-refractivity contribution is 14.1. The van der Waals surface area contributed by atoms with Gasteiger partial charge in [-0.3, -0.25) is 9.78 Å². The average Bonchev–Trinajstić information content (AvgIpc) is 2.07. The Labute approximate surface area is 96.0 Å². The molecule has 0 amide bonds. The topological polar surface area (TPSA) is 63.1 Å². The molecule has 72 valence electrons. The second kappa shape index (κ2) is 3.39. The second-order valence-electron chi connectivity index (χ2n) is 2.61. The highest BCUT2D eigenvalue weighted by Gasteiger charge is 2.07. The Bertz CT molecular complexity index is 616. The number of hydrogen-bond donors (Lipinski definition) is 1. The van der Waals surface area contributed by atoms with Crippen LogP contribution in [0.4, 0.5) is 0 Å². The molecule has 14 heavy (non-hydrogen) atoms. The predicted molar refractivity (Wildman–Crippen MR) is 60.8 cm³/mol. The molecule has 0 unspecified atom stereocenters. The number of nitrogens with one attached hydrogen (secondary N) is 1.